The standard InChI is InChI=1S/C13H21F3N2O/c1-8-6-17-7-11(8)12(19)18-10-4-2-9(3-5-10)13(14,15)16/h8-11,17H,2-7H2,1H3,(H,18,19)/t8-,9?,10?,11-/m1/s1. The molecule has 0 aromatic heterocycles. The fraction of sp³-hybridized carbons (Fsp3) is 0.923. The molecule has 110 valence electrons. The van der Waals surface area contributed by atoms with E-state index in [1.165, 1.54) is 0 Å². The van der Waals surface area contributed by atoms with Crippen LogP contribution in [0.15, 0.2) is 0 Å². The average molecular weight is 278 g/mol. The van der Waals surface area contributed by atoms with Crippen molar-refractivity contribution >= 4 is 5.91 Å². The Balaban J connectivity index is 1.78. The summed E-state index contributed by atoms with van der Waals surface area (Å²) in [6, 6.07) is -0.0844. The van der Waals surface area contributed by atoms with E-state index in [4.69, 9.17) is 0 Å². The van der Waals surface area contributed by atoms with Crippen molar-refractivity contribution in [2.45, 2.75) is 44.8 Å². The Hall–Kier alpha value is -0.780. The first-order valence-electron chi connectivity index (χ1n) is 6.95. The summed E-state index contributed by atoms with van der Waals surface area (Å²) in [6.45, 7) is 3.52. The van der Waals surface area contributed by atoms with Crippen molar-refractivity contribution in [3.63, 3.8) is 0 Å². The highest BCUT2D eigenvalue weighted by Crippen LogP contribution is 2.37. The van der Waals surface area contributed by atoms with Crippen LogP contribution in [0.1, 0.15) is 32.6 Å². The van der Waals surface area contributed by atoms with Gasteiger partial charge in [-0.1, -0.05) is 6.92 Å². The highest BCUT2D eigenvalue weighted by molar-refractivity contribution is 5.79. The predicted octanol–water partition coefficient (Wildman–Crippen LogP) is 2.08. The second kappa shape index (κ2) is 5.69. The van der Waals surface area contributed by atoms with Crippen molar-refractivity contribution < 1.29 is 18.0 Å². The largest absolute Gasteiger partial charge is 0.391 e. The predicted molar refractivity (Wildman–Crippen MR) is 65.5 cm³/mol. The quantitative estimate of drug-likeness (QED) is 0.812. The van der Waals surface area contributed by atoms with E-state index < -0.39 is 12.1 Å². The highest BCUT2D eigenvalue weighted by Gasteiger charge is 2.42. The van der Waals surface area contributed by atoms with E-state index in [9.17, 15) is 18.0 Å². The molecule has 0 aromatic carbocycles. The highest BCUT2D eigenvalue weighted by atomic mass is 19.4. The molecule has 2 N–H and O–H groups in total. The van der Waals surface area contributed by atoms with Gasteiger partial charge in [0.05, 0.1) is 11.8 Å². The molecule has 6 heteroatoms. The first-order chi connectivity index (χ1) is 8.88. The molecule has 19 heavy (non-hydrogen) atoms. The molecular weight excluding hydrogens is 257 g/mol. The molecule has 1 saturated heterocycles. The van der Waals surface area contributed by atoms with Gasteiger partial charge in [-0.05, 0) is 38.1 Å². The Kier molecular flexibility index (Phi) is 4.38. The lowest BCUT2D eigenvalue weighted by Crippen LogP contribution is -2.43. The molecule has 0 unspecified atom stereocenters. The maximum absolute atomic E-state index is 12.5. The summed E-state index contributed by atoms with van der Waals surface area (Å²) < 4.78 is 37.6. The van der Waals surface area contributed by atoms with Crippen molar-refractivity contribution in [1.82, 2.24) is 10.6 Å². The van der Waals surface area contributed by atoms with Gasteiger partial charge >= 0.3 is 6.18 Å². The number of hydrogen-bond donors (Lipinski definition) is 2. The number of rotatable bonds is 2. The van der Waals surface area contributed by atoms with Gasteiger partial charge in [0.25, 0.3) is 0 Å². The zero-order valence-corrected chi connectivity index (χ0v) is 11.1. The summed E-state index contributed by atoms with van der Waals surface area (Å²) >= 11 is 0. The van der Waals surface area contributed by atoms with Crippen LogP contribution in [-0.4, -0.2) is 31.2 Å². The van der Waals surface area contributed by atoms with E-state index in [1.807, 2.05) is 6.92 Å². The SMILES string of the molecule is C[C@@H]1CNC[C@H]1C(=O)NC1CCC(C(F)(F)F)CC1. The summed E-state index contributed by atoms with van der Waals surface area (Å²) in [5, 5.41) is 6.07. The molecule has 1 amide bonds. The molecule has 1 saturated carbocycles. The van der Waals surface area contributed by atoms with Crippen LogP contribution in [0.25, 0.3) is 0 Å². The zero-order valence-electron chi connectivity index (χ0n) is 11.1. The van der Waals surface area contributed by atoms with Crippen molar-refractivity contribution in [1.29, 1.82) is 0 Å². The van der Waals surface area contributed by atoms with E-state index in [0.29, 0.717) is 25.3 Å². The minimum Gasteiger partial charge on any atom is -0.353 e. The Bertz CT molecular complexity index is 324. The van der Waals surface area contributed by atoms with E-state index in [2.05, 4.69) is 10.6 Å². The molecule has 0 bridgehead atoms. The molecule has 2 aliphatic rings. The van der Waals surface area contributed by atoms with Gasteiger partial charge in [0, 0.05) is 12.6 Å². The zero-order chi connectivity index (χ0) is 14.0. The summed E-state index contributed by atoms with van der Waals surface area (Å²) in [7, 11) is 0. The van der Waals surface area contributed by atoms with Crippen molar-refractivity contribution in [3.05, 3.63) is 0 Å². The van der Waals surface area contributed by atoms with Gasteiger partial charge in [-0.3, -0.25) is 4.79 Å². The maximum atomic E-state index is 12.5. The van der Waals surface area contributed by atoms with E-state index in [1.54, 1.807) is 0 Å². The van der Waals surface area contributed by atoms with Crippen LogP contribution in [0.2, 0.25) is 0 Å². The lowest BCUT2D eigenvalue weighted by molar-refractivity contribution is -0.182. The number of hydrogen-bond acceptors (Lipinski definition) is 2. The molecule has 2 fully saturated rings. The normalized spacial score (nSPS) is 36.2. The van der Waals surface area contributed by atoms with Crippen LogP contribution < -0.4 is 10.6 Å². The first kappa shape index (κ1) is 14.6. The van der Waals surface area contributed by atoms with Gasteiger partial charge in [-0.15, -0.1) is 0 Å². The summed E-state index contributed by atoms with van der Waals surface area (Å²) in [5.74, 6) is -0.937. The fourth-order valence-corrected chi connectivity index (χ4v) is 3.03. The van der Waals surface area contributed by atoms with Gasteiger partial charge in [-0.25, -0.2) is 0 Å². The fourth-order valence-electron chi connectivity index (χ4n) is 3.03. The van der Waals surface area contributed by atoms with Gasteiger partial charge in [0.15, 0.2) is 0 Å². The minimum atomic E-state index is -4.08. The molecule has 1 aliphatic heterocycles. The van der Waals surface area contributed by atoms with Gasteiger partial charge in [0.2, 0.25) is 5.91 Å². The number of carbonyl (C=O) groups is 1. The van der Waals surface area contributed by atoms with Gasteiger partial charge in [-0.2, -0.15) is 13.2 Å². The topological polar surface area (TPSA) is 41.1 Å². The molecule has 0 aromatic rings. The van der Waals surface area contributed by atoms with Crippen LogP contribution in [0.4, 0.5) is 13.2 Å². The molecule has 0 radical (unpaired) electrons. The maximum Gasteiger partial charge on any atom is 0.391 e. The van der Waals surface area contributed by atoms with Crippen molar-refractivity contribution in [2.24, 2.45) is 17.8 Å². The Morgan fingerprint density at radius 3 is 2.26 bits per heavy atom. The molecule has 2 atom stereocenters. The molecule has 1 aliphatic carbocycles. The van der Waals surface area contributed by atoms with E-state index in [0.717, 1.165) is 6.54 Å². The third-order valence-corrected chi connectivity index (χ3v) is 4.39. The van der Waals surface area contributed by atoms with Crippen LogP contribution in [-0.2, 0) is 4.79 Å². The minimum absolute atomic E-state index is 0.00652. The number of carbonyl (C=O) groups excluding carboxylic acids is 1. The van der Waals surface area contributed by atoms with Crippen molar-refractivity contribution in [3.8, 4) is 0 Å². The molecular formula is C13H21F3N2O. The number of halogens is 3. The summed E-state index contributed by atoms with van der Waals surface area (Å²) in [5.41, 5.74) is 0. The summed E-state index contributed by atoms with van der Waals surface area (Å²) in [4.78, 5) is 12.0. The molecule has 2 rings (SSSR count). The third-order valence-electron chi connectivity index (χ3n) is 4.39. The Morgan fingerprint density at radius 1 is 1.16 bits per heavy atom. The van der Waals surface area contributed by atoms with Gasteiger partial charge < -0.3 is 10.6 Å². The van der Waals surface area contributed by atoms with E-state index >= 15 is 0 Å². The lowest BCUT2D eigenvalue weighted by Gasteiger charge is -2.31. The summed E-state index contributed by atoms with van der Waals surface area (Å²) in [6.07, 6.45) is -2.95. The Labute approximate surface area is 111 Å². The molecule has 0 spiro atoms. The van der Waals surface area contributed by atoms with Crippen LogP contribution >= 0.6 is 0 Å². The monoisotopic (exact) mass is 278 g/mol. The second-order valence-electron chi connectivity index (χ2n) is 5.84. The van der Waals surface area contributed by atoms with Crippen LogP contribution in [0, 0.1) is 17.8 Å². The number of alkyl halides is 3. The van der Waals surface area contributed by atoms with Crippen molar-refractivity contribution in [2.75, 3.05) is 13.1 Å². The number of amides is 1. The van der Waals surface area contributed by atoms with E-state index in [-0.39, 0.29) is 30.7 Å². The second-order valence-corrected chi connectivity index (χ2v) is 5.84. The van der Waals surface area contributed by atoms with Crippen LogP contribution in [0.3, 0.4) is 0 Å². The molecule has 3 nitrogen and oxygen atoms in total. The number of nitrogens with one attached hydrogen (secondary N) is 2. The van der Waals surface area contributed by atoms with Gasteiger partial charge in [0.1, 0.15) is 0 Å². The smallest absolute Gasteiger partial charge is 0.353 e. The molecule has 1 heterocycles. The van der Waals surface area contributed by atoms with Crippen LogP contribution in [0.5, 0.6) is 0 Å². The Morgan fingerprint density at radius 2 is 1.79 bits per heavy atom. The average Bonchev–Trinajstić information content (AvgIpc) is 2.75. The lowest BCUT2D eigenvalue weighted by atomic mass is 9.85. The third kappa shape index (κ3) is 3.61. The first-order valence-corrected chi connectivity index (χ1v) is 6.95.